The summed E-state index contributed by atoms with van der Waals surface area (Å²) in [5.74, 6) is -0.0835. The van der Waals surface area contributed by atoms with E-state index in [2.05, 4.69) is 0 Å². The number of hydrogen-bond acceptors (Lipinski definition) is 4. The Bertz CT molecular complexity index is 492. The molecule has 1 heterocycles. The number of carbonyl (C=O) groups excluding carboxylic acids is 2. The number of nitrogens with zero attached hydrogens (tertiary/aromatic N) is 2. The number of piperazine rings is 1. The van der Waals surface area contributed by atoms with Crippen LogP contribution < -0.4 is 5.73 Å². The van der Waals surface area contributed by atoms with Crippen LogP contribution in [0.15, 0.2) is 30.3 Å². The van der Waals surface area contributed by atoms with Crippen LogP contribution in [0.1, 0.15) is 12.5 Å². The fraction of sp³-hybridized carbons (Fsp3) is 0.467. The van der Waals surface area contributed by atoms with E-state index in [1.807, 2.05) is 37.3 Å². The number of amides is 2. The smallest absolute Gasteiger partial charge is 0.410 e. The molecule has 1 atom stereocenters. The minimum Gasteiger partial charge on any atom is -0.445 e. The molecule has 2 amide bonds. The molecule has 0 spiro atoms. The summed E-state index contributed by atoms with van der Waals surface area (Å²) in [6, 6.07) is 9.51. The fourth-order valence-corrected chi connectivity index (χ4v) is 2.42. The topological polar surface area (TPSA) is 75.9 Å². The van der Waals surface area contributed by atoms with E-state index >= 15 is 0 Å². The second kappa shape index (κ2) is 7.08. The Morgan fingerprint density at radius 2 is 2.00 bits per heavy atom. The van der Waals surface area contributed by atoms with Crippen molar-refractivity contribution in [3.8, 4) is 0 Å². The van der Waals surface area contributed by atoms with Crippen molar-refractivity contribution < 1.29 is 14.3 Å². The Balaban J connectivity index is 1.83. The highest BCUT2D eigenvalue weighted by Gasteiger charge is 2.29. The second-order valence-electron chi connectivity index (χ2n) is 5.13. The lowest BCUT2D eigenvalue weighted by Gasteiger charge is -2.39. The maximum Gasteiger partial charge on any atom is 0.410 e. The first kappa shape index (κ1) is 15.3. The molecule has 0 aliphatic carbocycles. The van der Waals surface area contributed by atoms with Gasteiger partial charge in [0.2, 0.25) is 5.91 Å². The number of carbonyl (C=O) groups is 2. The van der Waals surface area contributed by atoms with Gasteiger partial charge in [-0.15, -0.1) is 0 Å². The fourth-order valence-electron chi connectivity index (χ4n) is 2.42. The van der Waals surface area contributed by atoms with E-state index < -0.39 is 0 Å². The quantitative estimate of drug-likeness (QED) is 0.894. The van der Waals surface area contributed by atoms with Crippen LogP contribution in [-0.2, 0) is 16.1 Å². The Kier molecular flexibility index (Phi) is 5.16. The van der Waals surface area contributed by atoms with Crippen molar-refractivity contribution in [1.29, 1.82) is 0 Å². The van der Waals surface area contributed by atoms with Gasteiger partial charge in [-0.25, -0.2) is 4.79 Å². The van der Waals surface area contributed by atoms with Gasteiger partial charge in [-0.05, 0) is 12.5 Å². The van der Waals surface area contributed by atoms with Crippen LogP contribution >= 0.6 is 0 Å². The Hall–Kier alpha value is -2.08. The van der Waals surface area contributed by atoms with E-state index in [1.54, 1.807) is 9.80 Å². The first-order chi connectivity index (χ1) is 10.1. The van der Waals surface area contributed by atoms with Crippen molar-refractivity contribution in [3.05, 3.63) is 35.9 Å². The summed E-state index contributed by atoms with van der Waals surface area (Å²) < 4.78 is 5.30. The van der Waals surface area contributed by atoms with Gasteiger partial charge >= 0.3 is 6.09 Å². The zero-order valence-electron chi connectivity index (χ0n) is 12.2. The van der Waals surface area contributed by atoms with Gasteiger partial charge in [-0.1, -0.05) is 30.3 Å². The van der Waals surface area contributed by atoms with Gasteiger partial charge in [0, 0.05) is 25.7 Å². The van der Waals surface area contributed by atoms with Crippen molar-refractivity contribution in [2.45, 2.75) is 19.6 Å². The standard InChI is InChI=1S/C15H21N3O3/c1-12-10-17(7-8-18(12)14(19)9-16)15(20)21-11-13-5-3-2-4-6-13/h2-6,12H,7-11,16H2,1H3. The van der Waals surface area contributed by atoms with Crippen LogP contribution in [0.3, 0.4) is 0 Å². The lowest BCUT2D eigenvalue weighted by atomic mass is 10.2. The SMILES string of the molecule is CC1CN(C(=O)OCc2ccccc2)CCN1C(=O)CN. The van der Waals surface area contributed by atoms with E-state index in [0.717, 1.165) is 5.56 Å². The summed E-state index contributed by atoms with van der Waals surface area (Å²) in [4.78, 5) is 27.0. The van der Waals surface area contributed by atoms with Crippen molar-refractivity contribution in [3.63, 3.8) is 0 Å². The molecular weight excluding hydrogens is 270 g/mol. The average molecular weight is 291 g/mol. The number of rotatable bonds is 3. The third-order valence-corrected chi connectivity index (χ3v) is 3.59. The summed E-state index contributed by atoms with van der Waals surface area (Å²) in [7, 11) is 0. The Morgan fingerprint density at radius 3 is 2.62 bits per heavy atom. The van der Waals surface area contributed by atoms with Gasteiger partial charge in [-0.3, -0.25) is 4.79 Å². The van der Waals surface area contributed by atoms with E-state index in [4.69, 9.17) is 10.5 Å². The molecule has 0 aromatic heterocycles. The second-order valence-corrected chi connectivity index (χ2v) is 5.13. The van der Waals surface area contributed by atoms with Gasteiger partial charge < -0.3 is 20.3 Å². The van der Waals surface area contributed by atoms with Crippen molar-refractivity contribution in [1.82, 2.24) is 9.80 Å². The summed E-state index contributed by atoms with van der Waals surface area (Å²) in [5.41, 5.74) is 6.33. The van der Waals surface area contributed by atoms with Gasteiger partial charge in [0.1, 0.15) is 6.61 Å². The molecule has 1 aliphatic rings. The summed E-state index contributed by atoms with van der Waals surface area (Å²) in [6.07, 6.45) is -0.342. The number of nitrogens with two attached hydrogens (primary N) is 1. The monoisotopic (exact) mass is 291 g/mol. The highest BCUT2D eigenvalue weighted by molar-refractivity contribution is 5.78. The number of hydrogen-bond donors (Lipinski definition) is 1. The molecule has 1 aromatic rings. The minimum atomic E-state index is -0.342. The predicted octanol–water partition coefficient (Wildman–Crippen LogP) is 0.815. The van der Waals surface area contributed by atoms with Crippen molar-refractivity contribution in [2.75, 3.05) is 26.2 Å². The third kappa shape index (κ3) is 3.95. The lowest BCUT2D eigenvalue weighted by molar-refractivity contribution is -0.133. The lowest BCUT2D eigenvalue weighted by Crippen LogP contribution is -2.56. The van der Waals surface area contributed by atoms with Gasteiger partial charge in [0.05, 0.1) is 6.54 Å². The molecule has 1 aliphatic heterocycles. The van der Waals surface area contributed by atoms with Gasteiger partial charge in [0.25, 0.3) is 0 Å². The van der Waals surface area contributed by atoms with Gasteiger partial charge in [0.15, 0.2) is 0 Å². The molecule has 0 bridgehead atoms. The zero-order chi connectivity index (χ0) is 15.2. The molecule has 0 radical (unpaired) electrons. The number of benzene rings is 1. The van der Waals surface area contributed by atoms with Crippen molar-refractivity contribution in [2.24, 2.45) is 5.73 Å². The molecule has 114 valence electrons. The maximum atomic E-state index is 12.0. The molecule has 1 saturated heterocycles. The first-order valence-electron chi connectivity index (χ1n) is 7.07. The Morgan fingerprint density at radius 1 is 1.29 bits per heavy atom. The summed E-state index contributed by atoms with van der Waals surface area (Å²) in [5, 5.41) is 0. The minimum absolute atomic E-state index is 0.00277. The molecule has 1 unspecified atom stereocenters. The van der Waals surface area contributed by atoms with Crippen LogP contribution in [0.4, 0.5) is 4.79 Å². The summed E-state index contributed by atoms with van der Waals surface area (Å²) >= 11 is 0. The third-order valence-electron chi connectivity index (χ3n) is 3.59. The van der Waals surface area contributed by atoms with Crippen LogP contribution in [0.2, 0.25) is 0 Å². The molecule has 6 nitrogen and oxygen atoms in total. The molecule has 2 rings (SSSR count). The van der Waals surface area contributed by atoms with Gasteiger partial charge in [-0.2, -0.15) is 0 Å². The summed E-state index contributed by atoms with van der Waals surface area (Å²) in [6.45, 7) is 3.61. The molecule has 1 fully saturated rings. The average Bonchev–Trinajstić information content (AvgIpc) is 2.52. The highest BCUT2D eigenvalue weighted by atomic mass is 16.6. The van der Waals surface area contributed by atoms with E-state index in [-0.39, 0.29) is 31.2 Å². The molecule has 0 saturated carbocycles. The molecule has 21 heavy (non-hydrogen) atoms. The highest BCUT2D eigenvalue weighted by Crippen LogP contribution is 2.11. The molecule has 6 heteroatoms. The van der Waals surface area contributed by atoms with Crippen LogP contribution in [-0.4, -0.2) is 54.0 Å². The number of ether oxygens (including phenoxy) is 1. The molecular formula is C15H21N3O3. The van der Waals surface area contributed by atoms with Crippen LogP contribution in [0.25, 0.3) is 0 Å². The van der Waals surface area contributed by atoms with E-state index in [0.29, 0.717) is 19.6 Å². The first-order valence-corrected chi connectivity index (χ1v) is 7.07. The van der Waals surface area contributed by atoms with E-state index in [1.165, 1.54) is 0 Å². The molecule has 1 aromatic carbocycles. The zero-order valence-corrected chi connectivity index (χ0v) is 12.2. The van der Waals surface area contributed by atoms with Crippen LogP contribution in [0.5, 0.6) is 0 Å². The molecule has 2 N–H and O–H groups in total. The predicted molar refractivity (Wildman–Crippen MR) is 78.4 cm³/mol. The normalized spacial score (nSPS) is 18.5. The van der Waals surface area contributed by atoms with Crippen LogP contribution in [0, 0.1) is 0 Å². The van der Waals surface area contributed by atoms with Crippen molar-refractivity contribution >= 4 is 12.0 Å². The largest absolute Gasteiger partial charge is 0.445 e. The Labute approximate surface area is 124 Å². The maximum absolute atomic E-state index is 12.0. The van der Waals surface area contributed by atoms with E-state index in [9.17, 15) is 9.59 Å².